The van der Waals surface area contributed by atoms with Gasteiger partial charge in [-0.3, -0.25) is 9.59 Å². The summed E-state index contributed by atoms with van der Waals surface area (Å²) >= 11 is 0. The van der Waals surface area contributed by atoms with E-state index >= 15 is 0 Å². The zero-order chi connectivity index (χ0) is 9.84. The van der Waals surface area contributed by atoms with E-state index in [2.05, 4.69) is 5.32 Å². The van der Waals surface area contributed by atoms with Crippen LogP contribution in [0.4, 0.5) is 0 Å². The quantitative estimate of drug-likeness (QED) is 0.662. The summed E-state index contributed by atoms with van der Waals surface area (Å²) in [4.78, 5) is 22.1. The molecule has 0 radical (unpaired) electrons. The predicted octanol–water partition coefficient (Wildman–Crippen LogP) is 0.623. The topological polar surface area (TPSA) is 66.4 Å². The maximum absolute atomic E-state index is 11.3. The number of rotatable bonds is 2. The lowest BCUT2D eigenvalue weighted by Gasteiger charge is -2.26. The lowest BCUT2D eigenvalue weighted by Crippen LogP contribution is -2.38. The lowest BCUT2D eigenvalue weighted by molar-refractivity contribution is -0.148. The molecule has 1 amide bonds. The molecule has 0 aromatic rings. The molecule has 0 aromatic heterocycles. The summed E-state index contributed by atoms with van der Waals surface area (Å²) in [6.07, 6.45) is 3.22. The van der Waals surface area contributed by atoms with Crippen LogP contribution in [0.5, 0.6) is 0 Å². The Bertz CT molecular complexity index is 215. The van der Waals surface area contributed by atoms with E-state index in [0.29, 0.717) is 12.8 Å². The lowest BCUT2D eigenvalue weighted by atomic mass is 9.79. The van der Waals surface area contributed by atoms with E-state index < -0.39 is 11.9 Å². The molecule has 0 aliphatic heterocycles. The molecule has 13 heavy (non-hydrogen) atoms. The number of hydrogen-bond acceptors (Lipinski definition) is 2. The molecular formula is C9H15NO3. The largest absolute Gasteiger partial charge is 0.481 e. The van der Waals surface area contributed by atoms with Crippen LogP contribution in [-0.2, 0) is 9.59 Å². The summed E-state index contributed by atoms with van der Waals surface area (Å²) in [5.74, 6) is -1.77. The number of carbonyl (C=O) groups excluding carboxylic acids is 1. The molecule has 0 saturated heterocycles. The Morgan fingerprint density at radius 1 is 1.23 bits per heavy atom. The summed E-state index contributed by atoms with van der Waals surface area (Å²) in [6.45, 7) is 0. The van der Waals surface area contributed by atoms with Crippen molar-refractivity contribution in [2.24, 2.45) is 11.8 Å². The van der Waals surface area contributed by atoms with E-state index in [0.717, 1.165) is 12.8 Å². The van der Waals surface area contributed by atoms with Crippen LogP contribution in [0.3, 0.4) is 0 Å². The molecule has 74 valence electrons. The molecule has 4 nitrogen and oxygen atoms in total. The summed E-state index contributed by atoms with van der Waals surface area (Å²) in [5.41, 5.74) is 0. The van der Waals surface area contributed by atoms with Crippen LogP contribution in [0.1, 0.15) is 25.7 Å². The van der Waals surface area contributed by atoms with Crippen LogP contribution in [-0.4, -0.2) is 24.0 Å². The van der Waals surface area contributed by atoms with Gasteiger partial charge in [0, 0.05) is 7.05 Å². The molecule has 0 spiro atoms. The van der Waals surface area contributed by atoms with Crippen LogP contribution in [0, 0.1) is 11.8 Å². The summed E-state index contributed by atoms with van der Waals surface area (Å²) in [7, 11) is 1.55. The molecule has 0 unspecified atom stereocenters. The van der Waals surface area contributed by atoms with E-state index in [1.54, 1.807) is 7.05 Å². The van der Waals surface area contributed by atoms with Crippen molar-refractivity contribution in [3.05, 3.63) is 0 Å². The zero-order valence-electron chi connectivity index (χ0n) is 7.75. The SMILES string of the molecule is CNC(=O)[C@H]1CCCC[C@@H]1C(=O)O. The van der Waals surface area contributed by atoms with Crippen LogP contribution in [0.2, 0.25) is 0 Å². The fourth-order valence-electron chi connectivity index (χ4n) is 1.93. The number of hydrogen-bond donors (Lipinski definition) is 2. The average molecular weight is 185 g/mol. The summed E-state index contributed by atoms with van der Waals surface area (Å²) < 4.78 is 0. The van der Waals surface area contributed by atoms with Crippen LogP contribution in [0.15, 0.2) is 0 Å². The molecule has 0 heterocycles. The number of carboxylic acids is 1. The molecule has 1 aliphatic rings. The van der Waals surface area contributed by atoms with Crippen LogP contribution in [0.25, 0.3) is 0 Å². The first kappa shape index (κ1) is 10.0. The molecule has 2 atom stereocenters. The van der Waals surface area contributed by atoms with Crippen molar-refractivity contribution in [1.29, 1.82) is 0 Å². The van der Waals surface area contributed by atoms with Crippen molar-refractivity contribution in [2.45, 2.75) is 25.7 Å². The van der Waals surface area contributed by atoms with Gasteiger partial charge in [0.05, 0.1) is 11.8 Å². The van der Waals surface area contributed by atoms with Gasteiger partial charge < -0.3 is 10.4 Å². The van der Waals surface area contributed by atoms with Crippen molar-refractivity contribution < 1.29 is 14.7 Å². The van der Waals surface area contributed by atoms with Crippen molar-refractivity contribution in [2.75, 3.05) is 7.05 Å². The van der Waals surface area contributed by atoms with E-state index in [1.165, 1.54) is 0 Å². The fraction of sp³-hybridized carbons (Fsp3) is 0.778. The molecular weight excluding hydrogens is 170 g/mol. The first-order valence-electron chi connectivity index (χ1n) is 4.61. The minimum absolute atomic E-state index is 0.132. The van der Waals surface area contributed by atoms with Crippen molar-refractivity contribution in [3.63, 3.8) is 0 Å². The van der Waals surface area contributed by atoms with Crippen molar-refractivity contribution in [3.8, 4) is 0 Å². The Balaban J connectivity index is 2.67. The first-order chi connectivity index (χ1) is 6.16. The Morgan fingerprint density at radius 3 is 2.23 bits per heavy atom. The van der Waals surface area contributed by atoms with Gasteiger partial charge in [-0.05, 0) is 12.8 Å². The van der Waals surface area contributed by atoms with Crippen molar-refractivity contribution >= 4 is 11.9 Å². The van der Waals surface area contributed by atoms with E-state index in [9.17, 15) is 9.59 Å². The van der Waals surface area contributed by atoms with Crippen molar-refractivity contribution in [1.82, 2.24) is 5.32 Å². The van der Waals surface area contributed by atoms with E-state index in [4.69, 9.17) is 5.11 Å². The first-order valence-corrected chi connectivity index (χ1v) is 4.61. The van der Waals surface area contributed by atoms with Gasteiger partial charge in [-0.15, -0.1) is 0 Å². The number of carbonyl (C=O) groups is 2. The third kappa shape index (κ3) is 2.20. The Morgan fingerprint density at radius 2 is 1.77 bits per heavy atom. The van der Waals surface area contributed by atoms with Gasteiger partial charge >= 0.3 is 5.97 Å². The van der Waals surface area contributed by atoms with Gasteiger partial charge in [-0.25, -0.2) is 0 Å². The van der Waals surface area contributed by atoms with E-state index in [-0.39, 0.29) is 11.8 Å². The zero-order valence-corrected chi connectivity index (χ0v) is 7.75. The molecule has 0 aromatic carbocycles. The second kappa shape index (κ2) is 4.25. The number of amides is 1. The maximum Gasteiger partial charge on any atom is 0.307 e. The number of aliphatic carboxylic acids is 1. The van der Waals surface area contributed by atoms with Gasteiger partial charge in [-0.2, -0.15) is 0 Å². The minimum Gasteiger partial charge on any atom is -0.481 e. The molecule has 0 bridgehead atoms. The highest BCUT2D eigenvalue weighted by molar-refractivity contribution is 5.84. The smallest absolute Gasteiger partial charge is 0.307 e. The second-order valence-electron chi connectivity index (χ2n) is 3.45. The Labute approximate surface area is 77.3 Å². The van der Waals surface area contributed by atoms with Crippen LogP contribution < -0.4 is 5.32 Å². The molecule has 1 fully saturated rings. The highest BCUT2D eigenvalue weighted by atomic mass is 16.4. The Kier molecular flexibility index (Phi) is 3.28. The predicted molar refractivity (Wildman–Crippen MR) is 47.2 cm³/mol. The average Bonchev–Trinajstić information content (AvgIpc) is 2.16. The van der Waals surface area contributed by atoms with Gasteiger partial charge in [-0.1, -0.05) is 12.8 Å². The normalized spacial score (nSPS) is 28.1. The second-order valence-corrected chi connectivity index (χ2v) is 3.45. The maximum atomic E-state index is 11.3. The number of carboxylic acid groups (broad SMARTS) is 1. The Hall–Kier alpha value is -1.06. The molecule has 4 heteroatoms. The van der Waals surface area contributed by atoms with Gasteiger partial charge in [0.15, 0.2) is 0 Å². The molecule has 1 saturated carbocycles. The monoisotopic (exact) mass is 185 g/mol. The van der Waals surface area contributed by atoms with Crippen LogP contribution >= 0.6 is 0 Å². The minimum atomic E-state index is -0.840. The third-order valence-corrected chi connectivity index (χ3v) is 2.67. The van der Waals surface area contributed by atoms with Gasteiger partial charge in [0.25, 0.3) is 0 Å². The standard InChI is InChI=1S/C9H15NO3/c1-10-8(11)6-4-2-3-5-7(6)9(12)13/h6-7H,2-5H2,1H3,(H,10,11)(H,12,13)/t6-,7-/m0/s1. The highest BCUT2D eigenvalue weighted by Gasteiger charge is 2.34. The highest BCUT2D eigenvalue weighted by Crippen LogP contribution is 2.30. The fourth-order valence-corrected chi connectivity index (χ4v) is 1.93. The molecule has 2 N–H and O–H groups in total. The summed E-state index contributed by atoms with van der Waals surface area (Å²) in [5, 5.41) is 11.4. The van der Waals surface area contributed by atoms with Gasteiger partial charge in [0.2, 0.25) is 5.91 Å². The van der Waals surface area contributed by atoms with E-state index in [1.807, 2.05) is 0 Å². The third-order valence-electron chi connectivity index (χ3n) is 2.67. The molecule has 1 rings (SSSR count). The molecule has 1 aliphatic carbocycles. The van der Waals surface area contributed by atoms with Gasteiger partial charge in [0.1, 0.15) is 0 Å². The summed E-state index contributed by atoms with van der Waals surface area (Å²) in [6, 6.07) is 0. The number of nitrogens with one attached hydrogen (secondary N) is 1.